The number of dihydropyridines is 1. The molecule has 0 radical (unpaired) electrons. The maximum Gasteiger partial charge on any atom is 0.160 e. The number of hydrogen-bond donors (Lipinski definition) is 0. The van der Waals surface area contributed by atoms with Gasteiger partial charge in [0.1, 0.15) is 5.58 Å². The summed E-state index contributed by atoms with van der Waals surface area (Å²) in [6, 6.07) is 56.2. The molecule has 10 rings (SSSR count). The van der Waals surface area contributed by atoms with Gasteiger partial charge in [-0.05, 0) is 69.4 Å². The highest BCUT2D eigenvalue weighted by atomic mass is 16.3. The Labute approximate surface area is 284 Å². The molecule has 0 saturated carbocycles. The Morgan fingerprint density at radius 2 is 1.20 bits per heavy atom. The summed E-state index contributed by atoms with van der Waals surface area (Å²) in [4.78, 5) is 5.35. The van der Waals surface area contributed by atoms with Crippen LogP contribution in [0, 0.1) is 5.92 Å². The Morgan fingerprint density at radius 1 is 0.571 bits per heavy atom. The van der Waals surface area contributed by atoms with E-state index in [1.807, 2.05) is 0 Å². The van der Waals surface area contributed by atoms with Crippen LogP contribution in [0.4, 0.5) is 0 Å². The number of aliphatic imine (C=N–C) groups is 1. The topological polar surface area (TPSA) is 30.4 Å². The smallest absolute Gasteiger partial charge is 0.160 e. The lowest BCUT2D eigenvalue weighted by Crippen LogP contribution is -2.18. The predicted octanol–water partition coefficient (Wildman–Crippen LogP) is 12.1. The molecule has 3 nitrogen and oxygen atoms in total. The monoisotopic (exact) mass is 628 g/mol. The van der Waals surface area contributed by atoms with Crippen molar-refractivity contribution >= 4 is 65.8 Å². The van der Waals surface area contributed by atoms with E-state index < -0.39 is 0 Å². The van der Waals surface area contributed by atoms with E-state index in [9.17, 15) is 0 Å². The maximum atomic E-state index is 6.81. The zero-order chi connectivity index (χ0) is 32.5. The summed E-state index contributed by atoms with van der Waals surface area (Å²) in [5, 5.41) is 7.17. The van der Waals surface area contributed by atoms with Crippen LogP contribution in [-0.2, 0) is 0 Å². The highest BCUT2D eigenvalue weighted by Crippen LogP contribution is 2.47. The fourth-order valence-corrected chi connectivity index (χ4v) is 8.08. The molecule has 3 heterocycles. The Bertz CT molecular complexity index is 2770. The van der Waals surface area contributed by atoms with Gasteiger partial charge in [-0.1, -0.05) is 134 Å². The molecule has 0 saturated heterocycles. The van der Waals surface area contributed by atoms with Crippen molar-refractivity contribution in [1.29, 1.82) is 0 Å². The molecule has 1 aliphatic heterocycles. The molecule has 9 aromatic rings. The first-order valence-electron chi connectivity index (χ1n) is 17.0. The fraction of sp³-hybridized carbons (Fsp3) is 0.0652. The molecule has 49 heavy (non-hydrogen) atoms. The van der Waals surface area contributed by atoms with Crippen molar-refractivity contribution in [1.82, 2.24) is 4.57 Å². The van der Waals surface area contributed by atoms with Gasteiger partial charge in [0.2, 0.25) is 0 Å². The largest absolute Gasteiger partial charge is 0.454 e. The second kappa shape index (κ2) is 10.9. The molecule has 0 N–H and O–H groups in total. The fourth-order valence-electron chi connectivity index (χ4n) is 8.08. The van der Waals surface area contributed by atoms with E-state index in [1.165, 1.54) is 38.2 Å². The molecule has 2 atom stereocenters. The molecule has 3 heteroatoms. The van der Waals surface area contributed by atoms with Crippen molar-refractivity contribution in [3.63, 3.8) is 0 Å². The third kappa shape index (κ3) is 4.25. The predicted molar refractivity (Wildman–Crippen MR) is 205 cm³/mol. The lowest BCUT2D eigenvalue weighted by Gasteiger charge is -2.29. The quantitative estimate of drug-likeness (QED) is 0.191. The zero-order valence-electron chi connectivity index (χ0n) is 27.0. The van der Waals surface area contributed by atoms with Crippen LogP contribution in [0.25, 0.3) is 65.8 Å². The van der Waals surface area contributed by atoms with Crippen molar-refractivity contribution in [2.24, 2.45) is 10.9 Å². The van der Waals surface area contributed by atoms with Gasteiger partial charge in [-0.2, -0.15) is 0 Å². The third-order valence-corrected chi connectivity index (χ3v) is 10.3. The van der Waals surface area contributed by atoms with E-state index >= 15 is 0 Å². The summed E-state index contributed by atoms with van der Waals surface area (Å²) in [6.45, 7) is 2.32. The van der Waals surface area contributed by atoms with Gasteiger partial charge in [0.15, 0.2) is 5.58 Å². The molecular formula is C46H32N2O. The summed E-state index contributed by atoms with van der Waals surface area (Å²) >= 11 is 0. The van der Waals surface area contributed by atoms with Crippen LogP contribution >= 0.6 is 0 Å². The summed E-state index contributed by atoms with van der Waals surface area (Å²) in [5.41, 5.74) is 11.1. The van der Waals surface area contributed by atoms with Crippen LogP contribution < -0.4 is 0 Å². The van der Waals surface area contributed by atoms with Gasteiger partial charge < -0.3 is 8.98 Å². The molecular weight excluding hydrogens is 597 g/mol. The van der Waals surface area contributed by atoms with Crippen LogP contribution in [0.3, 0.4) is 0 Å². The van der Waals surface area contributed by atoms with Crippen molar-refractivity contribution in [3.8, 4) is 5.69 Å². The van der Waals surface area contributed by atoms with Gasteiger partial charge in [0.25, 0.3) is 0 Å². The maximum absolute atomic E-state index is 6.81. The Hall–Kier alpha value is -6.19. The SMILES string of the molecule is CC1C(c2ccc3c(c2)c2c4ccccc4c4c5ccccc5oc4c2n3-c2ccccc2)=CC(c2ccccc2)=NC1c1ccccc1. The number of benzene rings is 7. The normalized spacial score (nSPS) is 16.5. The molecule has 0 spiro atoms. The molecule has 0 amide bonds. The summed E-state index contributed by atoms with van der Waals surface area (Å²) < 4.78 is 9.20. The lowest BCUT2D eigenvalue weighted by atomic mass is 9.81. The van der Waals surface area contributed by atoms with Crippen molar-refractivity contribution in [2.45, 2.75) is 13.0 Å². The summed E-state index contributed by atoms with van der Waals surface area (Å²) in [5.74, 6) is 0.175. The number of rotatable bonds is 4. The zero-order valence-corrected chi connectivity index (χ0v) is 27.0. The second-order valence-electron chi connectivity index (χ2n) is 13.1. The molecule has 7 aromatic carbocycles. The van der Waals surface area contributed by atoms with Gasteiger partial charge in [-0.3, -0.25) is 4.99 Å². The van der Waals surface area contributed by atoms with Gasteiger partial charge in [0.05, 0.1) is 22.8 Å². The standard InChI is InChI=1S/C46H32N2O/c1-29-37(28-39(30-15-5-2-6-16-30)47-44(29)31-17-7-3-8-18-31)32-25-26-40-38(27-32)42-34-21-11-12-22-35(34)43-36-23-13-14-24-41(36)49-46(43)45(42)48(40)33-19-9-4-10-20-33/h2-29,44H,1H3. The number of aromatic nitrogens is 1. The van der Waals surface area contributed by atoms with Gasteiger partial charge >= 0.3 is 0 Å². The number of hydrogen-bond acceptors (Lipinski definition) is 2. The average Bonchev–Trinajstić information content (AvgIpc) is 3.73. The van der Waals surface area contributed by atoms with Gasteiger partial charge in [-0.25, -0.2) is 0 Å². The number of fused-ring (bicyclic) bond motifs is 10. The van der Waals surface area contributed by atoms with Crippen LogP contribution in [0.2, 0.25) is 0 Å². The first-order chi connectivity index (χ1) is 24.2. The Balaban J connectivity index is 1.30. The number of para-hydroxylation sites is 2. The number of furan rings is 1. The first kappa shape index (κ1) is 27.9. The molecule has 2 aromatic heterocycles. The van der Waals surface area contributed by atoms with E-state index in [0.717, 1.165) is 49.9 Å². The Kier molecular flexibility index (Phi) is 6.22. The van der Waals surface area contributed by atoms with Gasteiger partial charge in [0, 0.05) is 33.2 Å². The second-order valence-corrected chi connectivity index (χ2v) is 13.1. The summed E-state index contributed by atoms with van der Waals surface area (Å²) in [6.07, 6.45) is 2.31. The van der Waals surface area contributed by atoms with E-state index in [-0.39, 0.29) is 12.0 Å². The van der Waals surface area contributed by atoms with Gasteiger partial charge in [-0.15, -0.1) is 0 Å². The van der Waals surface area contributed by atoms with E-state index in [2.05, 4.69) is 175 Å². The van der Waals surface area contributed by atoms with Crippen molar-refractivity contribution < 1.29 is 4.42 Å². The van der Waals surface area contributed by atoms with Crippen LogP contribution in [0.15, 0.2) is 173 Å². The van der Waals surface area contributed by atoms with Crippen molar-refractivity contribution in [3.05, 3.63) is 180 Å². The molecule has 1 aliphatic rings. The Morgan fingerprint density at radius 3 is 1.96 bits per heavy atom. The molecule has 0 aliphatic carbocycles. The van der Waals surface area contributed by atoms with Crippen molar-refractivity contribution in [2.75, 3.05) is 0 Å². The van der Waals surface area contributed by atoms with E-state index in [1.54, 1.807) is 0 Å². The van der Waals surface area contributed by atoms with Crippen LogP contribution in [0.5, 0.6) is 0 Å². The first-order valence-corrected chi connectivity index (χ1v) is 17.0. The minimum atomic E-state index is 0.00812. The van der Waals surface area contributed by atoms with Crippen LogP contribution in [-0.4, -0.2) is 10.3 Å². The highest BCUT2D eigenvalue weighted by Gasteiger charge is 2.29. The highest BCUT2D eigenvalue weighted by molar-refractivity contribution is 6.35. The number of nitrogens with zero attached hydrogens (tertiary/aromatic N) is 2. The van der Waals surface area contributed by atoms with Crippen LogP contribution in [0.1, 0.15) is 29.7 Å². The molecule has 2 unspecified atom stereocenters. The minimum Gasteiger partial charge on any atom is -0.454 e. The van der Waals surface area contributed by atoms with E-state index in [0.29, 0.717) is 0 Å². The minimum absolute atomic E-state index is 0.00812. The molecule has 0 fully saturated rings. The summed E-state index contributed by atoms with van der Waals surface area (Å²) in [7, 11) is 0. The lowest BCUT2D eigenvalue weighted by molar-refractivity contribution is 0.579. The molecule has 232 valence electrons. The molecule has 0 bridgehead atoms. The average molecular weight is 629 g/mol. The number of allylic oxidation sites excluding steroid dienone is 1. The third-order valence-electron chi connectivity index (χ3n) is 10.3. The van der Waals surface area contributed by atoms with E-state index in [4.69, 9.17) is 9.41 Å².